The summed E-state index contributed by atoms with van der Waals surface area (Å²) in [6.45, 7) is 5.93. The third-order valence-electron chi connectivity index (χ3n) is 2.23. The normalized spacial score (nSPS) is 14.1. The highest BCUT2D eigenvalue weighted by Crippen LogP contribution is 2.06. The number of ether oxygens (including phenoxy) is 2. The van der Waals surface area contributed by atoms with E-state index in [1.165, 1.54) is 0 Å². The maximum Gasteiger partial charge on any atom is 0.347 e. The van der Waals surface area contributed by atoms with E-state index in [-0.39, 0.29) is 12.7 Å². The molecule has 0 aromatic carbocycles. The number of hydrogen-bond donors (Lipinski definition) is 1. The van der Waals surface area contributed by atoms with Gasteiger partial charge in [0.2, 0.25) is 0 Å². The van der Waals surface area contributed by atoms with E-state index >= 15 is 0 Å². The molecule has 0 radical (unpaired) electrons. The third kappa shape index (κ3) is 6.94. The van der Waals surface area contributed by atoms with Crippen molar-refractivity contribution >= 4 is 11.9 Å². The van der Waals surface area contributed by atoms with Crippen molar-refractivity contribution in [3.8, 4) is 0 Å². The fraction of sp³-hybridized carbons (Fsp3) is 0.833. The molecule has 1 N–H and O–H groups in total. The second-order valence-electron chi connectivity index (χ2n) is 3.98. The largest absolute Gasteiger partial charge is 0.479 e. The zero-order valence-corrected chi connectivity index (χ0v) is 10.8. The summed E-state index contributed by atoms with van der Waals surface area (Å²) in [5.74, 6) is -2.11. The topological polar surface area (TPSA) is 72.8 Å². The number of hydrogen-bond acceptors (Lipinski definition) is 4. The first-order valence-electron chi connectivity index (χ1n) is 6.07. The lowest BCUT2D eigenvalue weighted by atomic mass is 10.2. The van der Waals surface area contributed by atoms with Gasteiger partial charge in [-0.15, -0.1) is 0 Å². The predicted octanol–water partition coefficient (Wildman–Crippen LogP) is 1.99. The molecule has 0 aromatic rings. The standard InChI is InChI=1S/C12H22O5/c1-4-6-8-16-10(11(13)14)12(15)17-9(3)7-5-2/h9-10H,4-8H2,1-3H3,(H,13,14). The van der Waals surface area contributed by atoms with E-state index < -0.39 is 18.0 Å². The van der Waals surface area contributed by atoms with Crippen molar-refractivity contribution in [2.75, 3.05) is 6.61 Å². The molecule has 100 valence electrons. The molecule has 5 heteroatoms. The second-order valence-corrected chi connectivity index (χ2v) is 3.98. The summed E-state index contributed by atoms with van der Waals surface area (Å²) in [7, 11) is 0. The molecule has 0 saturated carbocycles. The second kappa shape index (κ2) is 8.98. The Morgan fingerprint density at radius 3 is 2.35 bits per heavy atom. The molecule has 0 fully saturated rings. The zero-order chi connectivity index (χ0) is 13.3. The molecule has 5 nitrogen and oxygen atoms in total. The fourth-order valence-electron chi connectivity index (χ4n) is 1.31. The summed E-state index contributed by atoms with van der Waals surface area (Å²) in [6.07, 6.45) is 1.43. The highest BCUT2D eigenvalue weighted by atomic mass is 16.6. The number of carboxylic acid groups (broad SMARTS) is 1. The first-order valence-corrected chi connectivity index (χ1v) is 6.07. The van der Waals surface area contributed by atoms with Gasteiger partial charge in [-0.1, -0.05) is 26.7 Å². The molecule has 0 aliphatic heterocycles. The van der Waals surface area contributed by atoms with E-state index in [0.717, 1.165) is 19.3 Å². The molecule has 17 heavy (non-hydrogen) atoms. The van der Waals surface area contributed by atoms with Gasteiger partial charge in [-0.25, -0.2) is 9.59 Å². The summed E-state index contributed by atoms with van der Waals surface area (Å²) in [5, 5.41) is 8.86. The monoisotopic (exact) mass is 246 g/mol. The van der Waals surface area contributed by atoms with Gasteiger partial charge in [0, 0.05) is 6.61 Å². The van der Waals surface area contributed by atoms with Gasteiger partial charge in [0.1, 0.15) is 0 Å². The lowest BCUT2D eigenvalue weighted by Crippen LogP contribution is -2.36. The summed E-state index contributed by atoms with van der Waals surface area (Å²) < 4.78 is 10.0. The number of carbonyl (C=O) groups excluding carboxylic acids is 1. The van der Waals surface area contributed by atoms with Crippen LogP contribution in [0.2, 0.25) is 0 Å². The Bertz CT molecular complexity index is 239. The summed E-state index contributed by atoms with van der Waals surface area (Å²) in [5.41, 5.74) is 0. The maximum absolute atomic E-state index is 11.5. The average molecular weight is 246 g/mol. The SMILES string of the molecule is CCCCOC(C(=O)O)C(=O)OC(C)CCC. The zero-order valence-electron chi connectivity index (χ0n) is 10.8. The summed E-state index contributed by atoms with van der Waals surface area (Å²) >= 11 is 0. The van der Waals surface area contributed by atoms with Crippen molar-refractivity contribution in [2.24, 2.45) is 0 Å². The minimum atomic E-state index is -1.50. The Hall–Kier alpha value is -1.10. The highest BCUT2D eigenvalue weighted by molar-refractivity contribution is 5.97. The first-order chi connectivity index (χ1) is 8.02. The predicted molar refractivity (Wildman–Crippen MR) is 62.7 cm³/mol. The van der Waals surface area contributed by atoms with E-state index in [9.17, 15) is 9.59 Å². The Morgan fingerprint density at radius 2 is 1.88 bits per heavy atom. The van der Waals surface area contributed by atoms with E-state index in [2.05, 4.69) is 0 Å². The van der Waals surface area contributed by atoms with Crippen LogP contribution in [0.25, 0.3) is 0 Å². The van der Waals surface area contributed by atoms with E-state index in [1.54, 1.807) is 6.92 Å². The van der Waals surface area contributed by atoms with Gasteiger partial charge >= 0.3 is 11.9 Å². The Kier molecular flexibility index (Phi) is 8.40. The van der Waals surface area contributed by atoms with Crippen molar-refractivity contribution < 1.29 is 24.2 Å². The lowest BCUT2D eigenvalue weighted by Gasteiger charge is -2.16. The molecule has 0 rings (SSSR count). The third-order valence-corrected chi connectivity index (χ3v) is 2.23. The van der Waals surface area contributed by atoms with Gasteiger partial charge in [-0.3, -0.25) is 0 Å². The number of carbonyl (C=O) groups is 2. The molecule has 0 aliphatic rings. The molecular weight excluding hydrogens is 224 g/mol. The molecule has 2 unspecified atom stereocenters. The van der Waals surface area contributed by atoms with Crippen LogP contribution in [0.3, 0.4) is 0 Å². The van der Waals surface area contributed by atoms with Crippen LogP contribution in [0.1, 0.15) is 46.5 Å². The van der Waals surface area contributed by atoms with Gasteiger partial charge in [-0.2, -0.15) is 0 Å². The van der Waals surface area contributed by atoms with Crippen molar-refractivity contribution in [2.45, 2.75) is 58.7 Å². The van der Waals surface area contributed by atoms with Gasteiger partial charge in [0.25, 0.3) is 6.10 Å². The van der Waals surface area contributed by atoms with Crippen molar-refractivity contribution in [1.82, 2.24) is 0 Å². The van der Waals surface area contributed by atoms with Crippen molar-refractivity contribution in [3.05, 3.63) is 0 Å². The van der Waals surface area contributed by atoms with E-state index in [0.29, 0.717) is 6.42 Å². The maximum atomic E-state index is 11.5. The van der Waals surface area contributed by atoms with Crippen LogP contribution in [0, 0.1) is 0 Å². The van der Waals surface area contributed by atoms with Crippen LogP contribution in [0.4, 0.5) is 0 Å². The summed E-state index contributed by atoms with van der Waals surface area (Å²) in [6, 6.07) is 0. The van der Waals surface area contributed by atoms with Crippen molar-refractivity contribution in [3.63, 3.8) is 0 Å². The molecular formula is C12H22O5. The quantitative estimate of drug-likeness (QED) is 0.382. The average Bonchev–Trinajstić information content (AvgIpc) is 2.23. The molecule has 0 saturated heterocycles. The van der Waals surface area contributed by atoms with E-state index in [1.807, 2.05) is 13.8 Å². The number of esters is 1. The molecule has 0 aromatic heterocycles. The molecule has 0 bridgehead atoms. The van der Waals surface area contributed by atoms with Gasteiger partial charge in [-0.05, 0) is 19.8 Å². The smallest absolute Gasteiger partial charge is 0.347 e. The van der Waals surface area contributed by atoms with Gasteiger partial charge in [0.15, 0.2) is 0 Å². The lowest BCUT2D eigenvalue weighted by molar-refractivity contribution is -0.173. The minimum Gasteiger partial charge on any atom is -0.479 e. The van der Waals surface area contributed by atoms with Crippen LogP contribution in [0.15, 0.2) is 0 Å². The van der Waals surface area contributed by atoms with Gasteiger partial charge in [0.05, 0.1) is 6.10 Å². The number of aliphatic carboxylic acids is 1. The molecule has 0 spiro atoms. The highest BCUT2D eigenvalue weighted by Gasteiger charge is 2.29. The fourth-order valence-corrected chi connectivity index (χ4v) is 1.31. The first kappa shape index (κ1) is 15.9. The summed E-state index contributed by atoms with van der Waals surface area (Å²) in [4.78, 5) is 22.4. The van der Waals surface area contributed by atoms with Gasteiger partial charge < -0.3 is 14.6 Å². The van der Waals surface area contributed by atoms with Crippen LogP contribution >= 0.6 is 0 Å². The van der Waals surface area contributed by atoms with Crippen molar-refractivity contribution in [1.29, 1.82) is 0 Å². The Morgan fingerprint density at radius 1 is 1.24 bits per heavy atom. The van der Waals surface area contributed by atoms with Crippen LogP contribution < -0.4 is 0 Å². The molecule has 0 aliphatic carbocycles. The Labute approximate surface area is 102 Å². The molecule has 0 heterocycles. The molecule has 2 atom stereocenters. The van der Waals surface area contributed by atoms with Crippen LogP contribution in [-0.4, -0.2) is 35.9 Å². The van der Waals surface area contributed by atoms with E-state index in [4.69, 9.17) is 14.6 Å². The number of rotatable bonds is 9. The Balaban J connectivity index is 4.19. The number of carboxylic acids is 1. The molecule has 0 amide bonds. The van der Waals surface area contributed by atoms with Crippen LogP contribution in [0.5, 0.6) is 0 Å². The van der Waals surface area contributed by atoms with Crippen LogP contribution in [-0.2, 0) is 19.1 Å². The number of unbranched alkanes of at least 4 members (excludes halogenated alkanes) is 1. The minimum absolute atomic E-state index is 0.255.